The van der Waals surface area contributed by atoms with Gasteiger partial charge in [0.15, 0.2) is 5.96 Å². The number of aromatic nitrogens is 1. The summed E-state index contributed by atoms with van der Waals surface area (Å²) in [4.78, 5) is 23.1. The molecule has 0 radical (unpaired) electrons. The average Bonchev–Trinajstić information content (AvgIpc) is 2.70. The molecule has 0 bridgehead atoms. The number of nitrogens with zero attached hydrogens (tertiary/aromatic N) is 3. The van der Waals surface area contributed by atoms with Gasteiger partial charge in [-0.1, -0.05) is 0 Å². The molecule has 7 heteroatoms. The molecule has 1 heterocycles. The van der Waals surface area contributed by atoms with Gasteiger partial charge in [0.1, 0.15) is 6.54 Å². The molecule has 1 aromatic heterocycles. The molecule has 6 nitrogen and oxygen atoms in total. The van der Waals surface area contributed by atoms with Crippen LogP contribution in [-0.2, 0) is 11.3 Å². The Morgan fingerprint density at radius 3 is 2.52 bits per heavy atom. The fourth-order valence-electron chi connectivity index (χ4n) is 1.62. The Hall–Kier alpha value is -1.63. The van der Waals surface area contributed by atoms with Gasteiger partial charge in [0.25, 0.3) is 0 Å². The number of carbonyl (C=O) groups is 1. The molecule has 21 heavy (non-hydrogen) atoms. The van der Waals surface area contributed by atoms with E-state index in [1.165, 1.54) is 9.78 Å². The third-order valence-electron chi connectivity index (χ3n) is 2.71. The van der Waals surface area contributed by atoms with E-state index >= 15 is 0 Å². The van der Waals surface area contributed by atoms with E-state index in [0.717, 1.165) is 10.7 Å². The smallest absolute Gasteiger partial charge is 0.243 e. The summed E-state index contributed by atoms with van der Waals surface area (Å²) in [6.45, 7) is 8.86. The van der Waals surface area contributed by atoms with Gasteiger partial charge in [0.2, 0.25) is 5.91 Å². The van der Waals surface area contributed by atoms with Crippen LogP contribution in [0.3, 0.4) is 0 Å². The molecule has 0 aromatic carbocycles. The average molecular weight is 311 g/mol. The molecule has 118 valence electrons. The van der Waals surface area contributed by atoms with Crippen LogP contribution in [0.2, 0.25) is 0 Å². The van der Waals surface area contributed by atoms with Crippen molar-refractivity contribution in [2.75, 3.05) is 20.6 Å². The number of aliphatic imine (C=N–C) groups is 1. The monoisotopic (exact) mass is 311 g/mol. The molecule has 0 spiro atoms. The minimum absolute atomic E-state index is 0.0235. The third kappa shape index (κ3) is 6.12. The SMILES string of the molecule is Cc1nc(C)c(CNC(=NCC(=O)N(C)C)NC(C)C)s1. The maximum absolute atomic E-state index is 11.6. The van der Waals surface area contributed by atoms with Crippen molar-refractivity contribution in [3.05, 3.63) is 15.6 Å². The minimum atomic E-state index is -0.0235. The van der Waals surface area contributed by atoms with E-state index in [1.54, 1.807) is 25.4 Å². The quantitative estimate of drug-likeness (QED) is 0.635. The van der Waals surface area contributed by atoms with E-state index in [9.17, 15) is 4.79 Å². The molecular weight excluding hydrogens is 286 g/mol. The van der Waals surface area contributed by atoms with E-state index in [4.69, 9.17) is 0 Å². The lowest BCUT2D eigenvalue weighted by molar-refractivity contribution is -0.127. The molecule has 0 aliphatic heterocycles. The molecule has 1 amide bonds. The van der Waals surface area contributed by atoms with Gasteiger partial charge in [-0.3, -0.25) is 4.79 Å². The Kier molecular flexibility index (Phi) is 6.61. The first kappa shape index (κ1) is 17.4. The number of guanidine groups is 1. The van der Waals surface area contributed by atoms with Gasteiger partial charge in [-0.15, -0.1) is 11.3 Å². The van der Waals surface area contributed by atoms with Gasteiger partial charge in [0, 0.05) is 25.0 Å². The zero-order chi connectivity index (χ0) is 16.0. The highest BCUT2D eigenvalue weighted by molar-refractivity contribution is 7.11. The van der Waals surface area contributed by atoms with E-state index in [0.29, 0.717) is 12.5 Å². The van der Waals surface area contributed by atoms with Crippen LogP contribution in [-0.4, -0.2) is 48.4 Å². The number of hydrogen-bond acceptors (Lipinski definition) is 4. The van der Waals surface area contributed by atoms with Gasteiger partial charge in [0.05, 0.1) is 17.2 Å². The molecule has 0 aliphatic rings. The lowest BCUT2D eigenvalue weighted by Crippen LogP contribution is -2.41. The fraction of sp³-hybridized carbons (Fsp3) is 0.643. The Morgan fingerprint density at radius 1 is 1.38 bits per heavy atom. The van der Waals surface area contributed by atoms with Crippen molar-refractivity contribution in [3.63, 3.8) is 0 Å². The van der Waals surface area contributed by atoms with Crippen molar-refractivity contribution in [3.8, 4) is 0 Å². The fourth-order valence-corrected chi connectivity index (χ4v) is 2.49. The first-order valence-electron chi connectivity index (χ1n) is 6.97. The van der Waals surface area contributed by atoms with Crippen molar-refractivity contribution >= 4 is 23.2 Å². The van der Waals surface area contributed by atoms with Crippen LogP contribution >= 0.6 is 11.3 Å². The number of aryl methyl sites for hydroxylation is 2. The summed E-state index contributed by atoms with van der Waals surface area (Å²) >= 11 is 1.67. The number of carbonyl (C=O) groups excluding carboxylic acids is 1. The van der Waals surface area contributed by atoms with Gasteiger partial charge in [-0.25, -0.2) is 9.98 Å². The summed E-state index contributed by atoms with van der Waals surface area (Å²) in [6.07, 6.45) is 0. The van der Waals surface area contributed by atoms with Crippen molar-refractivity contribution < 1.29 is 4.79 Å². The molecule has 2 N–H and O–H groups in total. The summed E-state index contributed by atoms with van der Waals surface area (Å²) in [5.74, 6) is 0.621. The van der Waals surface area contributed by atoms with Gasteiger partial charge in [-0.2, -0.15) is 0 Å². The van der Waals surface area contributed by atoms with Crippen LogP contribution in [0.1, 0.15) is 29.4 Å². The summed E-state index contributed by atoms with van der Waals surface area (Å²) in [7, 11) is 3.45. The van der Waals surface area contributed by atoms with E-state index in [1.807, 2.05) is 27.7 Å². The van der Waals surface area contributed by atoms with Crippen LogP contribution in [0.5, 0.6) is 0 Å². The highest BCUT2D eigenvalue weighted by atomic mass is 32.1. The number of thiazole rings is 1. The zero-order valence-corrected chi connectivity index (χ0v) is 14.5. The van der Waals surface area contributed by atoms with Crippen LogP contribution in [0.15, 0.2) is 4.99 Å². The summed E-state index contributed by atoms with van der Waals surface area (Å²) < 4.78 is 0. The number of rotatable bonds is 5. The van der Waals surface area contributed by atoms with Crippen molar-refractivity contribution in [1.29, 1.82) is 0 Å². The molecular formula is C14H25N5OS. The van der Waals surface area contributed by atoms with E-state index < -0.39 is 0 Å². The largest absolute Gasteiger partial charge is 0.354 e. The molecule has 0 unspecified atom stereocenters. The van der Waals surface area contributed by atoms with Gasteiger partial charge in [-0.05, 0) is 27.7 Å². The molecule has 1 aromatic rings. The Balaban J connectivity index is 2.67. The second-order valence-corrected chi connectivity index (χ2v) is 6.63. The highest BCUT2D eigenvalue weighted by Crippen LogP contribution is 2.16. The Morgan fingerprint density at radius 2 is 2.05 bits per heavy atom. The normalized spacial score (nSPS) is 11.7. The number of nitrogens with one attached hydrogen (secondary N) is 2. The number of hydrogen-bond donors (Lipinski definition) is 2. The van der Waals surface area contributed by atoms with Crippen molar-refractivity contribution in [2.24, 2.45) is 4.99 Å². The standard InChI is InChI=1S/C14H25N5OS/c1-9(2)17-14(16-8-13(20)19(5)6)15-7-12-10(3)18-11(4)21-12/h9H,7-8H2,1-6H3,(H2,15,16,17). The molecule has 0 atom stereocenters. The zero-order valence-electron chi connectivity index (χ0n) is 13.6. The molecule has 0 aliphatic carbocycles. The maximum Gasteiger partial charge on any atom is 0.243 e. The number of amides is 1. The predicted octanol–water partition coefficient (Wildman–Crippen LogP) is 1.29. The second kappa shape index (κ2) is 7.97. The summed E-state index contributed by atoms with van der Waals surface area (Å²) in [5, 5.41) is 7.54. The first-order chi connectivity index (χ1) is 9.79. The van der Waals surface area contributed by atoms with Gasteiger partial charge >= 0.3 is 0 Å². The lowest BCUT2D eigenvalue weighted by Gasteiger charge is -2.15. The van der Waals surface area contributed by atoms with Crippen molar-refractivity contribution in [1.82, 2.24) is 20.5 Å². The minimum Gasteiger partial charge on any atom is -0.354 e. The summed E-state index contributed by atoms with van der Waals surface area (Å²) in [5.41, 5.74) is 1.04. The Bertz CT molecular complexity index is 507. The molecule has 0 saturated heterocycles. The topological polar surface area (TPSA) is 69.6 Å². The predicted molar refractivity (Wildman–Crippen MR) is 87.7 cm³/mol. The highest BCUT2D eigenvalue weighted by Gasteiger charge is 2.08. The van der Waals surface area contributed by atoms with E-state index in [2.05, 4.69) is 20.6 Å². The Labute approximate surface area is 130 Å². The molecule has 0 saturated carbocycles. The lowest BCUT2D eigenvalue weighted by atomic mass is 10.4. The third-order valence-corrected chi connectivity index (χ3v) is 3.79. The van der Waals surface area contributed by atoms with E-state index in [-0.39, 0.29) is 18.5 Å². The second-order valence-electron chi connectivity index (χ2n) is 5.35. The first-order valence-corrected chi connectivity index (χ1v) is 7.79. The van der Waals surface area contributed by atoms with Gasteiger partial charge < -0.3 is 15.5 Å². The van der Waals surface area contributed by atoms with Crippen LogP contribution in [0, 0.1) is 13.8 Å². The summed E-state index contributed by atoms with van der Waals surface area (Å²) in [6, 6.07) is 0.245. The maximum atomic E-state index is 11.6. The molecule has 0 fully saturated rings. The van der Waals surface area contributed by atoms with Crippen molar-refractivity contribution in [2.45, 2.75) is 40.3 Å². The van der Waals surface area contributed by atoms with Crippen LogP contribution in [0.25, 0.3) is 0 Å². The van der Waals surface area contributed by atoms with Crippen LogP contribution < -0.4 is 10.6 Å². The van der Waals surface area contributed by atoms with Crippen LogP contribution in [0.4, 0.5) is 0 Å². The number of likely N-dealkylation sites (N-methyl/N-ethyl adjacent to an activating group) is 1. The molecule has 1 rings (SSSR count).